The summed E-state index contributed by atoms with van der Waals surface area (Å²) >= 11 is 5.88. The van der Waals surface area contributed by atoms with E-state index in [1.54, 1.807) is 17.0 Å². The van der Waals surface area contributed by atoms with Gasteiger partial charge in [0.1, 0.15) is 18.4 Å². The van der Waals surface area contributed by atoms with E-state index in [4.69, 9.17) is 16.3 Å². The lowest BCUT2D eigenvalue weighted by atomic mass is 10.1. The van der Waals surface area contributed by atoms with E-state index >= 15 is 0 Å². The summed E-state index contributed by atoms with van der Waals surface area (Å²) in [6.07, 6.45) is 1.59. The third kappa shape index (κ3) is 4.86. The highest BCUT2D eigenvalue weighted by Crippen LogP contribution is 2.20. The van der Waals surface area contributed by atoms with Crippen LogP contribution in [0.15, 0.2) is 24.3 Å². The zero-order chi connectivity index (χ0) is 16.8. The topological polar surface area (TPSA) is 58.6 Å². The van der Waals surface area contributed by atoms with Gasteiger partial charge in [0.25, 0.3) is 0 Å². The minimum absolute atomic E-state index is 0.0397. The number of likely N-dealkylation sites (tertiary alicyclic amines) is 1. The van der Waals surface area contributed by atoms with E-state index in [2.05, 4.69) is 5.32 Å². The van der Waals surface area contributed by atoms with Gasteiger partial charge in [0.2, 0.25) is 11.8 Å². The smallest absolute Gasteiger partial charge is 0.242 e. The SMILES string of the molecule is CC(C)C(=O)N1CCC[C@H]1C(=O)NCCOc1cccc(Cl)c1. The number of hydrogen-bond acceptors (Lipinski definition) is 3. The van der Waals surface area contributed by atoms with E-state index < -0.39 is 0 Å². The van der Waals surface area contributed by atoms with Crippen molar-refractivity contribution in [3.8, 4) is 5.75 Å². The van der Waals surface area contributed by atoms with Gasteiger partial charge in [-0.05, 0) is 31.0 Å². The minimum Gasteiger partial charge on any atom is -0.492 e. The lowest BCUT2D eigenvalue weighted by molar-refractivity contribution is -0.140. The molecule has 0 bridgehead atoms. The Balaban J connectivity index is 1.77. The maximum absolute atomic E-state index is 12.3. The Morgan fingerprint density at radius 1 is 1.43 bits per heavy atom. The Hall–Kier alpha value is -1.75. The van der Waals surface area contributed by atoms with Crippen molar-refractivity contribution < 1.29 is 14.3 Å². The first-order valence-electron chi connectivity index (χ1n) is 7.95. The average Bonchev–Trinajstić information content (AvgIpc) is 3.00. The van der Waals surface area contributed by atoms with Crippen LogP contribution in [0.2, 0.25) is 5.02 Å². The van der Waals surface area contributed by atoms with Gasteiger partial charge in [-0.3, -0.25) is 9.59 Å². The normalized spacial score (nSPS) is 17.4. The molecule has 2 amide bonds. The van der Waals surface area contributed by atoms with Gasteiger partial charge in [0, 0.05) is 17.5 Å². The van der Waals surface area contributed by atoms with Gasteiger partial charge in [0.15, 0.2) is 0 Å². The molecule has 23 heavy (non-hydrogen) atoms. The first kappa shape index (κ1) is 17.6. The number of hydrogen-bond donors (Lipinski definition) is 1. The Bertz CT molecular complexity index is 563. The van der Waals surface area contributed by atoms with Gasteiger partial charge in [-0.1, -0.05) is 31.5 Å². The van der Waals surface area contributed by atoms with E-state index in [0.29, 0.717) is 30.5 Å². The van der Waals surface area contributed by atoms with E-state index in [-0.39, 0.29) is 23.8 Å². The predicted molar refractivity (Wildman–Crippen MR) is 89.5 cm³/mol. The molecule has 0 radical (unpaired) electrons. The Kier molecular flexibility index (Phi) is 6.28. The number of amides is 2. The second-order valence-electron chi connectivity index (χ2n) is 5.94. The van der Waals surface area contributed by atoms with Crippen LogP contribution in [-0.2, 0) is 9.59 Å². The molecular formula is C17H23ClN2O3. The standard InChI is InChI=1S/C17H23ClN2O3/c1-12(2)17(22)20-9-4-7-15(20)16(21)19-8-10-23-14-6-3-5-13(18)11-14/h3,5-6,11-12,15H,4,7-10H2,1-2H3,(H,19,21)/t15-/m0/s1. The molecule has 1 aliphatic heterocycles. The average molecular weight is 339 g/mol. The summed E-state index contributed by atoms with van der Waals surface area (Å²) in [5, 5.41) is 3.45. The molecule has 1 heterocycles. The number of benzene rings is 1. The lowest BCUT2D eigenvalue weighted by Crippen LogP contribution is -2.47. The molecule has 0 saturated carbocycles. The number of nitrogens with zero attached hydrogens (tertiary/aromatic N) is 1. The highest BCUT2D eigenvalue weighted by atomic mass is 35.5. The number of carbonyl (C=O) groups excluding carboxylic acids is 2. The largest absolute Gasteiger partial charge is 0.492 e. The second-order valence-corrected chi connectivity index (χ2v) is 6.38. The molecule has 6 heteroatoms. The van der Waals surface area contributed by atoms with Crippen LogP contribution in [0.5, 0.6) is 5.75 Å². The number of halogens is 1. The fourth-order valence-electron chi connectivity index (χ4n) is 2.65. The van der Waals surface area contributed by atoms with E-state index in [1.807, 2.05) is 26.0 Å². The molecule has 2 rings (SSSR count). The molecule has 0 aliphatic carbocycles. The highest BCUT2D eigenvalue weighted by Gasteiger charge is 2.34. The van der Waals surface area contributed by atoms with Crippen LogP contribution in [0.1, 0.15) is 26.7 Å². The van der Waals surface area contributed by atoms with Crippen LogP contribution in [0.25, 0.3) is 0 Å². The quantitative estimate of drug-likeness (QED) is 0.811. The van der Waals surface area contributed by atoms with E-state index in [9.17, 15) is 9.59 Å². The summed E-state index contributed by atoms with van der Waals surface area (Å²) in [6, 6.07) is 6.77. The molecule has 0 unspecified atom stereocenters. The van der Waals surface area contributed by atoms with E-state index in [1.165, 1.54) is 0 Å². The van der Waals surface area contributed by atoms with Crippen molar-refractivity contribution in [2.24, 2.45) is 5.92 Å². The van der Waals surface area contributed by atoms with Crippen LogP contribution in [0.3, 0.4) is 0 Å². The number of rotatable bonds is 6. The molecule has 1 fully saturated rings. The van der Waals surface area contributed by atoms with Crippen LogP contribution >= 0.6 is 11.6 Å². The number of ether oxygens (including phenoxy) is 1. The Morgan fingerprint density at radius 2 is 2.22 bits per heavy atom. The molecule has 1 aromatic rings. The summed E-state index contributed by atoms with van der Waals surface area (Å²) in [4.78, 5) is 26.1. The van der Waals surface area contributed by atoms with Crippen molar-refractivity contribution in [3.05, 3.63) is 29.3 Å². The van der Waals surface area contributed by atoms with Crippen LogP contribution in [-0.4, -0.2) is 42.5 Å². The molecule has 1 aromatic carbocycles. The number of carbonyl (C=O) groups is 2. The van der Waals surface area contributed by atoms with Gasteiger partial charge < -0.3 is 15.0 Å². The van der Waals surface area contributed by atoms with Crippen LogP contribution < -0.4 is 10.1 Å². The van der Waals surface area contributed by atoms with Crippen molar-refractivity contribution >= 4 is 23.4 Å². The molecule has 1 N–H and O–H groups in total. The van der Waals surface area contributed by atoms with Gasteiger partial charge in [-0.15, -0.1) is 0 Å². The van der Waals surface area contributed by atoms with Gasteiger partial charge in [0.05, 0.1) is 6.54 Å². The van der Waals surface area contributed by atoms with Crippen LogP contribution in [0.4, 0.5) is 0 Å². The Labute approximate surface area is 141 Å². The summed E-state index contributed by atoms with van der Waals surface area (Å²) in [6.45, 7) is 5.12. The fraction of sp³-hybridized carbons (Fsp3) is 0.529. The Morgan fingerprint density at radius 3 is 2.91 bits per heavy atom. The fourth-order valence-corrected chi connectivity index (χ4v) is 2.83. The lowest BCUT2D eigenvalue weighted by Gasteiger charge is -2.25. The number of nitrogens with one attached hydrogen (secondary N) is 1. The maximum atomic E-state index is 12.3. The molecule has 5 nitrogen and oxygen atoms in total. The molecule has 0 aromatic heterocycles. The van der Waals surface area contributed by atoms with Crippen molar-refractivity contribution in [3.63, 3.8) is 0 Å². The molecule has 1 atom stereocenters. The van der Waals surface area contributed by atoms with Crippen molar-refractivity contribution in [2.75, 3.05) is 19.7 Å². The third-order valence-corrected chi connectivity index (χ3v) is 4.03. The highest BCUT2D eigenvalue weighted by molar-refractivity contribution is 6.30. The molecular weight excluding hydrogens is 316 g/mol. The molecule has 1 aliphatic rings. The molecule has 1 saturated heterocycles. The minimum atomic E-state index is -0.351. The molecule has 0 spiro atoms. The predicted octanol–water partition coefficient (Wildman–Crippen LogP) is 2.48. The zero-order valence-electron chi connectivity index (χ0n) is 13.5. The molecule has 126 valence electrons. The maximum Gasteiger partial charge on any atom is 0.242 e. The summed E-state index contributed by atoms with van der Waals surface area (Å²) in [5.74, 6) is 0.516. The van der Waals surface area contributed by atoms with Gasteiger partial charge in [-0.2, -0.15) is 0 Å². The second kappa shape index (κ2) is 8.20. The monoisotopic (exact) mass is 338 g/mol. The first-order chi connectivity index (χ1) is 11.0. The first-order valence-corrected chi connectivity index (χ1v) is 8.33. The zero-order valence-corrected chi connectivity index (χ0v) is 14.3. The summed E-state index contributed by atoms with van der Waals surface area (Å²) < 4.78 is 5.53. The van der Waals surface area contributed by atoms with E-state index in [0.717, 1.165) is 12.8 Å². The third-order valence-electron chi connectivity index (χ3n) is 3.80. The van der Waals surface area contributed by atoms with Gasteiger partial charge in [-0.25, -0.2) is 0 Å². The van der Waals surface area contributed by atoms with Crippen molar-refractivity contribution in [1.82, 2.24) is 10.2 Å². The van der Waals surface area contributed by atoms with Gasteiger partial charge >= 0.3 is 0 Å². The summed E-state index contributed by atoms with van der Waals surface area (Å²) in [5.41, 5.74) is 0. The summed E-state index contributed by atoms with van der Waals surface area (Å²) in [7, 11) is 0. The van der Waals surface area contributed by atoms with Crippen molar-refractivity contribution in [2.45, 2.75) is 32.7 Å². The van der Waals surface area contributed by atoms with Crippen molar-refractivity contribution in [1.29, 1.82) is 0 Å². The van der Waals surface area contributed by atoms with Crippen LogP contribution in [0, 0.1) is 5.92 Å².